The molecule has 3 fully saturated rings. The molecule has 0 bridgehead atoms. The number of hydrogen-bond acceptors (Lipinski definition) is 3. The summed E-state index contributed by atoms with van der Waals surface area (Å²) < 4.78 is 0. The molecule has 122 valence electrons. The lowest BCUT2D eigenvalue weighted by Gasteiger charge is -2.51. The first-order valence-electron chi connectivity index (χ1n) is 9.13. The van der Waals surface area contributed by atoms with Crippen LogP contribution in [0, 0.1) is 17.3 Å². The highest BCUT2D eigenvalue weighted by molar-refractivity contribution is 4.97. The van der Waals surface area contributed by atoms with E-state index in [2.05, 4.69) is 37.5 Å². The van der Waals surface area contributed by atoms with E-state index in [1.807, 2.05) is 0 Å². The van der Waals surface area contributed by atoms with Crippen LogP contribution in [0.5, 0.6) is 0 Å². The molecule has 0 spiro atoms. The maximum atomic E-state index is 6.33. The molecule has 0 aromatic rings. The minimum Gasteiger partial charge on any atom is -0.327 e. The number of fused-ring (bicyclic) bond motifs is 1. The summed E-state index contributed by atoms with van der Waals surface area (Å²) in [5.74, 6) is 1.45. The van der Waals surface area contributed by atoms with Gasteiger partial charge in [0.25, 0.3) is 0 Å². The van der Waals surface area contributed by atoms with Crippen LogP contribution >= 0.6 is 0 Å². The molecule has 2 heterocycles. The van der Waals surface area contributed by atoms with Crippen LogP contribution in [-0.4, -0.2) is 54.1 Å². The molecule has 2 saturated heterocycles. The molecule has 0 aromatic carbocycles. The minimum atomic E-state index is 0.379. The average Bonchev–Trinajstić information content (AvgIpc) is 2.87. The van der Waals surface area contributed by atoms with E-state index in [-0.39, 0.29) is 0 Å². The molecule has 3 nitrogen and oxygen atoms in total. The van der Waals surface area contributed by atoms with Crippen LogP contribution in [0.2, 0.25) is 0 Å². The van der Waals surface area contributed by atoms with Crippen molar-refractivity contribution in [3.05, 3.63) is 0 Å². The maximum absolute atomic E-state index is 6.33. The molecule has 0 radical (unpaired) electrons. The molecule has 3 aliphatic rings. The average molecular weight is 293 g/mol. The monoisotopic (exact) mass is 293 g/mol. The minimum absolute atomic E-state index is 0.379. The standard InChI is InChI=1S/C18H35N3/c1-13-10-20-9-5-6-16(20)12-21(13)11-15-7-8-17(19)14(2)18(15,3)4/h13-17H,5-12,19H2,1-4H3. The summed E-state index contributed by atoms with van der Waals surface area (Å²) in [4.78, 5) is 5.52. The van der Waals surface area contributed by atoms with Crippen molar-refractivity contribution in [3.63, 3.8) is 0 Å². The van der Waals surface area contributed by atoms with Crippen LogP contribution in [0.1, 0.15) is 53.4 Å². The Morgan fingerprint density at radius 2 is 1.86 bits per heavy atom. The molecular weight excluding hydrogens is 258 g/mol. The van der Waals surface area contributed by atoms with Crippen molar-refractivity contribution in [1.82, 2.24) is 9.80 Å². The van der Waals surface area contributed by atoms with E-state index in [0.29, 0.717) is 17.4 Å². The normalized spacial score (nSPS) is 44.7. The second-order valence-electron chi connectivity index (χ2n) is 8.64. The Hall–Kier alpha value is -0.120. The van der Waals surface area contributed by atoms with Crippen molar-refractivity contribution in [1.29, 1.82) is 0 Å². The zero-order chi connectivity index (χ0) is 15.2. The zero-order valence-corrected chi connectivity index (χ0v) is 14.5. The summed E-state index contributed by atoms with van der Waals surface area (Å²) in [6, 6.07) is 1.97. The van der Waals surface area contributed by atoms with E-state index in [1.54, 1.807) is 0 Å². The molecule has 3 rings (SSSR count). The summed E-state index contributed by atoms with van der Waals surface area (Å²) in [5.41, 5.74) is 6.71. The number of nitrogens with two attached hydrogens (primary N) is 1. The predicted molar refractivity (Wildman–Crippen MR) is 89.3 cm³/mol. The third kappa shape index (κ3) is 2.89. The highest BCUT2D eigenvalue weighted by Gasteiger charge is 2.43. The summed E-state index contributed by atoms with van der Waals surface area (Å²) in [6.45, 7) is 14.9. The van der Waals surface area contributed by atoms with Crippen molar-refractivity contribution >= 4 is 0 Å². The van der Waals surface area contributed by atoms with Crippen LogP contribution in [0.25, 0.3) is 0 Å². The maximum Gasteiger partial charge on any atom is 0.0224 e. The number of hydrogen-bond donors (Lipinski definition) is 1. The van der Waals surface area contributed by atoms with Crippen molar-refractivity contribution in [2.24, 2.45) is 23.0 Å². The Bertz CT molecular complexity index is 367. The predicted octanol–water partition coefficient (Wildman–Crippen LogP) is 2.55. The molecule has 2 aliphatic heterocycles. The molecule has 1 aliphatic carbocycles. The Morgan fingerprint density at radius 1 is 1.10 bits per heavy atom. The first-order chi connectivity index (χ1) is 9.89. The van der Waals surface area contributed by atoms with Gasteiger partial charge in [0.15, 0.2) is 0 Å². The summed E-state index contributed by atoms with van der Waals surface area (Å²) in [6.07, 6.45) is 5.35. The van der Waals surface area contributed by atoms with Gasteiger partial charge in [-0.25, -0.2) is 0 Å². The molecular formula is C18H35N3. The van der Waals surface area contributed by atoms with E-state index in [0.717, 1.165) is 18.0 Å². The first kappa shape index (κ1) is 15.8. The summed E-state index contributed by atoms with van der Waals surface area (Å²) >= 11 is 0. The lowest BCUT2D eigenvalue weighted by Crippen LogP contribution is -2.58. The van der Waals surface area contributed by atoms with Gasteiger partial charge >= 0.3 is 0 Å². The van der Waals surface area contributed by atoms with Gasteiger partial charge in [-0.05, 0) is 56.4 Å². The van der Waals surface area contributed by atoms with Gasteiger partial charge in [0.2, 0.25) is 0 Å². The summed E-state index contributed by atoms with van der Waals surface area (Å²) in [7, 11) is 0. The molecule has 2 N–H and O–H groups in total. The quantitative estimate of drug-likeness (QED) is 0.849. The molecule has 0 aromatic heterocycles. The van der Waals surface area contributed by atoms with Crippen molar-refractivity contribution < 1.29 is 0 Å². The fourth-order valence-corrected chi connectivity index (χ4v) is 5.05. The van der Waals surface area contributed by atoms with Crippen LogP contribution in [-0.2, 0) is 0 Å². The van der Waals surface area contributed by atoms with E-state index < -0.39 is 0 Å². The smallest absolute Gasteiger partial charge is 0.0224 e. The Morgan fingerprint density at radius 3 is 2.62 bits per heavy atom. The van der Waals surface area contributed by atoms with Gasteiger partial charge in [0.1, 0.15) is 0 Å². The third-order valence-electron chi connectivity index (χ3n) is 7.24. The van der Waals surface area contributed by atoms with Gasteiger partial charge in [-0.1, -0.05) is 20.8 Å². The van der Waals surface area contributed by atoms with Crippen LogP contribution in [0.15, 0.2) is 0 Å². The van der Waals surface area contributed by atoms with E-state index in [1.165, 1.54) is 51.9 Å². The Labute approximate surface area is 131 Å². The Balaban J connectivity index is 1.65. The van der Waals surface area contributed by atoms with Crippen molar-refractivity contribution in [3.8, 4) is 0 Å². The second kappa shape index (κ2) is 5.82. The van der Waals surface area contributed by atoms with Gasteiger partial charge in [0.05, 0.1) is 0 Å². The lowest BCUT2D eigenvalue weighted by molar-refractivity contribution is -0.00890. The van der Waals surface area contributed by atoms with Gasteiger partial charge in [-0.15, -0.1) is 0 Å². The molecule has 0 amide bonds. The molecule has 21 heavy (non-hydrogen) atoms. The van der Waals surface area contributed by atoms with Gasteiger partial charge < -0.3 is 5.73 Å². The fourth-order valence-electron chi connectivity index (χ4n) is 5.05. The zero-order valence-electron chi connectivity index (χ0n) is 14.5. The Kier molecular flexibility index (Phi) is 4.37. The molecule has 5 unspecified atom stereocenters. The molecule has 1 saturated carbocycles. The van der Waals surface area contributed by atoms with E-state index >= 15 is 0 Å². The SMILES string of the molecule is CC1CN2CCCC2CN1CC1CCC(N)C(C)C1(C)C. The first-order valence-corrected chi connectivity index (χ1v) is 9.13. The number of piperazine rings is 1. The van der Waals surface area contributed by atoms with Crippen LogP contribution in [0.3, 0.4) is 0 Å². The van der Waals surface area contributed by atoms with Gasteiger partial charge in [-0.3, -0.25) is 9.80 Å². The highest BCUT2D eigenvalue weighted by atomic mass is 15.3. The van der Waals surface area contributed by atoms with Gasteiger partial charge in [-0.2, -0.15) is 0 Å². The number of nitrogens with zero attached hydrogens (tertiary/aromatic N) is 2. The van der Waals surface area contributed by atoms with Gasteiger partial charge in [0, 0.05) is 37.8 Å². The topological polar surface area (TPSA) is 32.5 Å². The van der Waals surface area contributed by atoms with Crippen molar-refractivity contribution in [2.75, 3.05) is 26.2 Å². The van der Waals surface area contributed by atoms with Crippen molar-refractivity contribution in [2.45, 2.75) is 71.5 Å². The largest absolute Gasteiger partial charge is 0.327 e. The second-order valence-corrected chi connectivity index (χ2v) is 8.64. The number of rotatable bonds is 2. The highest BCUT2D eigenvalue weighted by Crippen LogP contribution is 2.45. The fraction of sp³-hybridized carbons (Fsp3) is 1.00. The molecule has 5 atom stereocenters. The summed E-state index contributed by atoms with van der Waals surface area (Å²) in [5, 5.41) is 0. The van der Waals surface area contributed by atoms with E-state index in [4.69, 9.17) is 5.73 Å². The van der Waals surface area contributed by atoms with Crippen LogP contribution < -0.4 is 5.73 Å². The van der Waals surface area contributed by atoms with Crippen LogP contribution in [0.4, 0.5) is 0 Å². The molecule has 3 heteroatoms. The third-order valence-corrected chi connectivity index (χ3v) is 7.24. The van der Waals surface area contributed by atoms with E-state index in [9.17, 15) is 0 Å². The lowest BCUT2D eigenvalue weighted by atomic mass is 9.61.